The molecule has 0 aliphatic heterocycles. The summed E-state index contributed by atoms with van der Waals surface area (Å²) in [7, 11) is 0. The van der Waals surface area contributed by atoms with Crippen molar-refractivity contribution in [1.29, 1.82) is 0 Å². The molecule has 0 amide bonds. The number of unbranched alkanes of at least 4 members (excludes halogenated alkanes) is 1. The SMILES string of the molecule is NCCCCNC(c1ccc(F)cc1)C1CC1. The zero-order chi connectivity index (χ0) is 12.1. The number of rotatable bonds is 7. The van der Waals surface area contributed by atoms with Gasteiger partial charge in [0.1, 0.15) is 5.82 Å². The molecule has 0 spiro atoms. The highest BCUT2D eigenvalue weighted by molar-refractivity contribution is 5.21. The molecule has 94 valence electrons. The van der Waals surface area contributed by atoms with Crippen molar-refractivity contribution in [3.05, 3.63) is 35.6 Å². The Balaban J connectivity index is 1.90. The van der Waals surface area contributed by atoms with Crippen LogP contribution in [0.3, 0.4) is 0 Å². The van der Waals surface area contributed by atoms with E-state index in [0.29, 0.717) is 6.04 Å². The highest BCUT2D eigenvalue weighted by atomic mass is 19.1. The highest BCUT2D eigenvalue weighted by Crippen LogP contribution is 2.40. The molecule has 1 fully saturated rings. The summed E-state index contributed by atoms with van der Waals surface area (Å²) in [6, 6.07) is 7.29. The Hall–Kier alpha value is -0.930. The molecule has 1 unspecified atom stereocenters. The molecular formula is C14H21FN2. The second kappa shape index (κ2) is 6.12. The number of halogens is 1. The molecule has 2 rings (SSSR count). The van der Waals surface area contributed by atoms with Crippen molar-refractivity contribution in [3.8, 4) is 0 Å². The lowest BCUT2D eigenvalue weighted by Crippen LogP contribution is -2.24. The molecule has 1 aliphatic carbocycles. The minimum absolute atomic E-state index is 0.161. The van der Waals surface area contributed by atoms with Gasteiger partial charge >= 0.3 is 0 Å². The molecule has 3 N–H and O–H groups in total. The average molecular weight is 236 g/mol. The van der Waals surface area contributed by atoms with Crippen molar-refractivity contribution < 1.29 is 4.39 Å². The van der Waals surface area contributed by atoms with E-state index in [-0.39, 0.29) is 5.82 Å². The number of hydrogen-bond donors (Lipinski definition) is 2. The third-order valence-electron chi connectivity index (χ3n) is 3.32. The topological polar surface area (TPSA) is 38.0 Å². The summed E-state index contributed by atoms with van der Waals surface area (Å²) >= 11 is 0. The van der Waals surface area contributed by atoms with Gasteiger partial charge in [-0.1, -0.05) is 12.1 Å². The summed E-state index contributed by atoms with van der Waals surface area (Å²) in [5.74, 6) is 0.574. The van der Waals surface area contributed by atoms with E-state index in [4.69, 9.17) is 5.73 Å². The van der Waals surface area contributed by atoms with E-state index in [9.17, 15) is 4.39 Å². The Bertz CT molecular complexity index is 333. The predicted molar refractivity (Wildman–Crippen MR) is 68.2 cm³/mol. The van der Waals surface area contributed by atoms with Crippen LogP contribution in [0.2, 0.25) is 0 Å². The Kier molecular flexibility index (Phi) is 4.51. The molecule has 17 heavy (non-hydrogen) atoms. The minimum atomic E-state index is -0.161. The lowest BCUT2D eigenvalue weighted by molar-refractivity contribution is 0.470. The van der Waals surface area contributed by atoms with Gasteiger partial charge in [0.25, 0.3) is 0 Å². The fourth-order valence-electron chi connectivity index (χ4n) is 2.18. The molecular weight excluding hydrogens is 215 g/mol. The summed E-state index contributed by atoms with van der Waals surface area (Å²) in [5.41, 5.74) is 6.69. The van der Waals surface area contributed by atoms with E-state index in [1.165, 1.54) is 18.4 Å². The second-order valence-corrected chi connectivity index (χ2v) is 4.82. The van der Waals surface area contributed by atoms with Crippen LogP contribution in [0.15, 0.2) is 24.3 Å². The predicted octanol–water partition coefficient (Wildman–Crippen LogP) is 2.61. The average Bonchev–Trinajstić information content (AvgIpc) is 3.15. The van der Waals surface area contributed by atoms with Crippen molar-refractivity contribution >= 4 is 0 Å². The van der Waals surface area contributed by atoms with Gasteiger partial charge in [0.2, 0.25) is 0 Å². The van der Waals surface area contributed by atoms with Crippen LogP contribution in [0.5, 0.6) is 0 Å². The molecule has 0 bridgehead atoms. The van der Waals surface area contributed by atoms with E-state index in [1.54, 1.807) is 12.1 Å². The lowest BCUT2D eigenvalue weighted by Gasteiger charge is -2.18. The maximum absolute atomic E-state index is 12.9. The van der Waals surface area contributed by atoms with Crippen LogP contribution < -0.4 is 11.1 Å². The molecule has 3 heteroatoms. The second-order valence-electron chi connectivity index (χ2n) is 4.82. The normalized spacial score (nSPS) is 17.1. The van der Waals surface area contributed by atoms with Crippen LogP contribution in [0.1, 0.15) is 37.3 Å². The van der Waals surface area contributed by atoms with Crippen molar-refractivity contribution in [2.45, 2.75) is 31.7 Å². The van der Waals surface area contributed by atoms with E-state index in [1.807, 2.05) is 12.1 Å². The van der Waals surface area contributed by atoms with E-state index in [2.05, 4.69) is 5.32 Å². The van der Waals surface area contributed by atoms with Crippen molar-refractivity contribution in [2.75, 3.05) is 13.1 Å². The van der Waals surface area contributed by atoms with Gasteiger partial charge in [0.05, 0.1) is 0 Å². The van der Waals surface area contributed by atoms with Gasteiger partial charge < -0.3 is 11.1 Å². The number of hydrogen-bond acceptors (Lipinski definition) is 2. The monoisotopic (exact) mass is 236 g/mol. The van der Waals surface area contributed by atoms with Gasteiger partial charge in [-0.05, 0) is 62.4 Å². The van der Waals surface area contributed by atoms with E-state index in [0.717, 1.165) is 31.8 Å². The largest absolute Gasteiger partial charge is 0.330 e. The van der Waals surface area contributed by atoms with E-state index < -0.39 is 0 Å². The number of nitrogens with two attached hydrogens (primary N) is 1. The third-order valence-corrected chi connectivity index (χ3v) is 3.32. The summed E-state index contributed by atoms with van der Waals surface area (Å²) in [6.07, 6.45) is 4.74. The van der Waals surface area contributed by atoms with Crippen LogP contribution >= 0.6 is 0 Å². The maximum Gasteiger partial charge on any atom is 0.123 e. The first kappa shape index (κ1) is 12.5. The molecule has 2 nitrogen and oxygen atoms in total. The zero-order valence-corrected chi connectivity index (χ0v) is 10.2. The Morgan fingerprint density at radius 3 is 2.53 bits per heavy atom. The number of nitrogens with one attached hydrogen (secondary N) is 1. The first-order chi connectivity index (χ1) is 8.31. The maximum atomic E-state index is 12.9. The van der Waals surface area contributed by atoms with Crippen molar-refractivity contribution in [2.24, 2.45) is 11.7 Å². The van der Waals surface area contributed by atoms with Crippen molar-refractivity contribution in [1.82, 2.24) is 5.32 Å². The fraction of sp³-hybridized carbons (Fsp3) is 0.571. The summed E-state index contributed by atoms with van der Waals surface area (Å²) in [6.45, 7) is 1.75. The van der Waals surface area contributed by atoms with Crippen LogP contribution in [0.4, 0.5) is 4.39 Å². The van der Waals surface area contributed by atoms with E-state index >= 15 is 0 Å². The van der Waals surface area contributed by atoms with Crippen molar-refractivity contribution in [3.63, 3.8) is 0 Å². The van der Waals surface area contributed by atoms with Gasteiger partial charge in [-0.2, -0.15) is 0 Å². The molecule has 0 radical (unpaired) electrons. The molecule has 0 heterocycles. The van der Waals surface area contributed by atoms with Crippen LogP contribution in [-0.4, -0.2) is 13.1 Å². The zero-order valence-electron chi connectivity index (χ0n) is 10.2. The van der Waals surface area contributed by atoms with Gasteiger partial charge in [0, 0.05) is 6.04 Å². The minimum Gasteiger partial charge on any atom is -0.330 e. The Morgan fingerprint density at radius 1 is 1.24 bits per heavy atom. The molecule has 1 atom stereocenters. The molecule has 1 aliphatic rings. The summed E-state index contributed by atoms with van der Waals surface area (Å²) in [5, 5.41) is 3.57. The fourth-order valence-corrected chi connectivity index (χ4v) is 2.18. The Morgan fingerprint density at radius 2 is 1.94 bits per heavy atom. The van der Waals surface area contributed by atoms with Crippen LogP contribution in [-0.2, 0) is 0 Å². The van der Waals surface area contributed by atoms with Gasteiger partial charge in [-0.3, -0.25) is 0 Å². The van der Waals surface area contributed by atoms with Crippen LogP contribution in [0, 0.1) is 11.7 Å². The molecule has 1 saturated carbocycles. The summed E-state index contributed by atoms with van der Waals surface area (Å²) < 4.78 is 12.9. The highest BCUT2D eigenvalue weighted by Gasteiger charge is 2.31. The molecule has 1 aromatic rings. The smallest absolute Gasteiger partial charge is 0.123 e. The van der Waals surface area contributed by atoms with Gasteiger partial charge in [-0.25, -0.2) is 4.39 Å². The molecule has 1 aromatic carbocycles. The lowest BCUT2D eigenvalue weighted by atomic mass is 10.0. The molecule has 0 aromatic heterocycles. The quantitative estimate of drug-likeness (QED) is 0.714. The van der Waals surface area contributed by atoms with Gasteiger partial charge in [-0.15, -0.1) is 0 Å². The van der Waals surface area contributed by atoms with Crippen LogP contribution in [0.25, 0.3) is 0 Å². The van der Waals surface area contributed by atoms with Gasteiger partial charge in [0.15, 0.2) is 0 Å². The molecule has 0 saturated heterocycles. The summed E-state index contributed by atoms with van der Waals surface area (Å²) in [4.78, 5) is 0. The standard InChI is InChI=1S/C14H21FN2/c15-13-7-5-12(6-8-13)14(11-3-4-11)17-10-2-1-9-16/h5-8,11,14,17H,1-4,9-10,16H2. The Labute approximate surface area is 102 Å². The third kappa shape index (κ3) is 3.79. The first-order valence-electron chi connectivity index (χ1n) is 6.50. The number of benzene rings is 1. The first-order valence-corrected chi connectivity index (χ1v) is 6.50.